The van der Waals surface area contributed by atoms with E-state index in [4.69, 9.17) is 5.11 Å². The molecule has 0 bridgehead atoms. The number of likely N-dealkylation sites (tertiary alicyclic amines) is 2. The maximum absolute atomic E-state index is 11.8. The van der Waals surface area contributed by atoms with Crippen LogP contribution in [0.25, 0.3) is 0 Å². The van der Waals surface area contributed by atoms with Crippen molar-refractivity contribution in [1.29, 1.82) is 0 Å². The molecule has 2 amide bonds. The molecule has 0 aromatic rings. The van der Waals surface area contributed by atoms with E-state index in [0.29, 0.717) is 25.4 Å². The molecule has 6 heteroatoms. The van der Waals surface area contributed by atoms with Gasteiger partial charge in [0.2, 0.25) is 11.8 Å². The van der Waals surface area contributed by atoms with Gasteiger partial charge in [0.25, 0.3) is 0 Å². The zero-order chi connectivity index (χ0) is 15.2. The number of hydrogen-bond donors (Lipinski definition) is 1. The predicted octanol–water partition coefficient (Wildman–Crippen LogP) is 1.10. The fourth-order valence-corrected chi connectivity index (χ4v) is 3.10. The molecular weight excluding hydrogens is 272 g/mol. The Hall–Kier alpha value is -1.59. The minimum Gasteiger partial charge on any atom is -0.481 e. The quantitative estimate of drug-likeness (QED) is 0.824. The summed E-state index contributed by atoms with van der Waals surface area (Å²) in [4.78, 5) is 37.9. The first-order chi connectivity index (χ1) is 10.1. The van der Waals surface area contributed by atoms with Crippen molar-refractivity contribution in [2.45, 2.75) is 44.9 Å². The second kappa shape index (κ2) is 7.43. The minimum absolute atomic E-state index is 0.0649. The van der Waals surface area contributed by atoms with Crippen LogP contribution >= 0.6 is 0 Å². The van der Waals surface area contributed by atoms with Crippen LogP contribution in [0.3, 0.4) is 0 Å². The van der Waals surface area contributed by atoms with Gasteiger partial charge in [-0.3, -0.25) is 14.4 Å². The third-order valence-electron chi connectivity index (χ3n) is 4.42. The molecule has 2 aliphatic heterocycles. The largest absolute Gasteiger partial charge is 0.481 e. The summed E-state index contributed by atoms with van der Waals surface area (Å²) in [6.45, 7) is 3.06. The number of rotatable bonds is 5. The number of amides is 2. The van der Waals surface area contributed by atoms with E-state index in [1.165, 1.54) is 0 Å². The summed E-state index contributed by atoms with van der Waals surface area (Å²) < 4.78 is 0. The molecule has 0 unspecified atom stereocenters. The van der Waals surface area contributed by atoms with Gasteiger partial charge in [-0.15, -0.1) is 0 Å². The van der Waals surface area contributed by atoms with Gasteiger partial charge in [-0.2, -0.15) is 0 Å². The number of carboxylic acid groups (broad SMARTS) is 1. The Bertz CT molecular complexity index is 402. The lowest BCUT2D eigenvalue weighted by molar-refractivity contribution is -0.141. The molecule has 0 saturated carbocycles. The molecule has 2 aliphatic rings. The number of carboxylic acids is 1. The van der Waals surface area contributed by atoms with Crippen LogP contribution < -0.4 is 0 Å². The number of piperidine rings is 2. The first-order valence-electron chi connectivity index (χ1n) is 7.83. The van der Waals surface area contributed by atoms with Crippen LogP contribution in [0.5, 0.6) is 0 Å². The van der Waals surface area contributed by atoms with Gasteiger partial charge in [0.15, 0.2) is 0 Å². The van der Waals surface area contributed by atoms with Gasteiger partial charge in [0, 0.05) is 39.0 Å². The molecule has 118 valence electrons. The highest BCUT2D eigenvalue weighted by atomic mass is 16.4. The van der Waals surface area contributed by atoms with Crippen molar-refractivity contribution in [2.75, 3.05) is 26.2 Å². The van der Waals surface area contributed by atoms with E-state index in [1.54, 1.807) is 4.90 Å². The third-order valence-corrected chi connectivity index (χ3v) is 4.42. The van der Waals surface area contributed by atoms with Crippen molar-refractivity contribution >= 4 is 17.8 Å². The molecule has 1 N–H and O–H groups in total. The van der Waals surface area contributed by atoms with Crippen molar-refractivity contribution in [1.82, 2.24) is 9.80 Å². The molecule has 2 saturated heterocycles. The average Bonchev–Trinajstić information content (AvgIpc) is 2.48. The number of hydrogen-bond acceptors (Lipinski definition) is 3. The fraction of sp³-hybridized carbons (Fsp3) is 0.800. The predicted molar refractivity (Wildman–Crippen MR) is 76.6 cm³/mol. The second-order valence-corrected chi connectivity index (χ2v) is 6.01. The molecule has 6 nitrogen and oxygen atoms in total. The van der Waals surface area contributed by atoms with E-state index in [-0.39, 0.29) is 24.7 Å². The van der Waals surface area contributed by atoms with Crippen molar-refractivity contribution in [3.05, 3.63) is 0 Å². The third kappa shape index (κ3) is 4.72. The first-order valence-corrected chi connectivity index (χ1v) is 7.83. The summed E-state index contributed by atoms with van der Waals surface area (Å²) in [6.07, 6.45) is 4.58. The van der Waals surface area contributed by atoms with E-state index in [9.17, 15) is 14.4 Å². The molecule has 0 atom stereocenters. The Morgan fingerprint density at radius 1 is 1.10 bits per heavy atom. The minimum atomic E-state index is -0.929. The lowest BCUT2D eigenvalue weighted by Gasteiger charge is -2.36. The number of carbonyl (C=O) groups is 3. The van der Waals surface area contributed by atoms with Gasteiger partial charge in [-0.25, -0.2) is 0 Å². The van der Waals surface area contributed by atoms with E-state index >= 15 is 0 Å². The van der Waals surface area contributed by atoms with Crippen LogP contribution in [0.1, 0.15) is 44.9 Å². The van der Waals surface area contributed by atoms with Crippen LogP contribution in [-0.4, -0.2) is 58.9 Å². The summed E-state index contributed by atoms with van der Waals surface area (Å²) >= 11 is 0. The number of nitrogens with zero attached hydrogens (tertiary/aromatic N) is 2. The Balaban J connectivity index is 1.71. The summed E-state index contributed by atoms with van der Waals surface area (Å²) in [6, 6.07) is 0. The zero-order valence-electron chi connectivity index (χ0n) is 12.4. The van der Waals surface area contributed by atoms with Crippen LogP contribution in [0, 0.1) is 5.92 Å². The highest BCUT2D eigenvalue weighted by Gasteiger charge is 2.26. The molecular formula is C15H24N2O4. The van der Waals surface area contributed by atoms with Gasteiger partial charge in [-0.05, 0) is 31.6 Å². The molecule has 0 radical (unpaired) electrons. The van der Waals surface area contributed by atoms with E-state index in [0.717, 1.165) is 38.8 Å². The number of aliphatic carboxylic acids is 1. The number of carbonyl (C=O) groups excluding carboxylic acids is 2. The van der Waals surface area contributed by atoms with Crippen molar-refractivity contribution in [3.63, 3.8) is 0 Å². The van der Waals surface area contributed by atoms with Crippen LogP contribution in [-0.2, 0) is 14.4 Å². The van der Waals surface area contributed by atoms with Crippen LogP contribution in [0.4, 0.5) is 0 Å². The Kier molecular flexibility index (Phi) is 5.59. The maximum atomic E-state index is 11.8. The molecule has 0 aromatic carbocycles. The lowest BCUT2D eigenvalue weighted by Crippen LogP contribution is -2.44. The smallest absolute Gasteiger partial charge is 0.303 e. The molecule has 2 rings (SSSR count). The summed E-state index contributed by atoms with van der Waals surface area (Å²) in [5.41, 5.74) is 0. The van der Waals surface area contributed by atoms with Crippen LogP contribution in [0.15, 0.2) is 0 Å². The fourth-order valence-electron chi connectivity index (χ4n) is 3.10. The summed E-state index contributed by atoms with van der Waals surface area (Å²) in [5.74, 6) is -0.261. The van der Waals surface area contributed by atoms with E-state index in [1.807, 2.05) is 4.90 Å². The van der Waals surface area contributed by atoms with Gasteiger partial charge in [0.05, 0.1) is 6.42 Å². The first kappa shape index (κ1) is 15.8. The summed E-state index contributed by atoms with van der Waals surface area (Å²) in [5, 5.41) is 8.60. The van der Waals surface area contributed by atoms with E-state index in [2.05, 4.69) is 0 Å². The van der Waals surface area contributed by atoms with Gasteiger partial charge in [0.1, 0.15) is 0 Å². The molecule has 0 aliphatic carbocycles. The second-order valence-electron chi connectivity index (χ2n) is 6.01. The maximum Gasteiger partial charge on any atom is 0.303 e. The van der Waals surface area contributed by atoms with Gasteiger partial charge < -0.3 is 14.9 Å². The Labute approximate surface area is 125 Å². The van der Waals surface area contributed by atoms with Crippen molar-refractivity contribution in [3.8, 4) is 0 Å². The average molecular weight is 296 g/mol. The SMILES string of the molecule is O=C(O)CCC(=O)N1CCC(CN2CCCCC2=O)CC1. The molecule has 0 aromatic heterocycles. The summed E-state index contributed by atoms with van der Waals surface area (Å²) in [7, 11) is 0. The van der Waals surface area contributed by atoms with E-state index < -0.39 is 5.97 Å². The molecule has 2 heterocycles. The molecule has 21 heavy (non-hydrogen) atoms. The van der Waals surface area contributed by atoms with Gasteiger partial charge >= 0.3 is 5.97 Å². The normalized spacial score (nSPS) is 20.7. The van der Waals surface area contributed by atoms with Crippen molar-refractivity contribution in [2.24, 2.45) is 5.92 Å². The van der Waals surface area contributed by atoms with Crippen LogP contribution in [0.2, 0.25) is 0 Å². The monoisotopic (exact) mass is 296 g/mol. The molecule has 0 spiro atoms. The highest BCUT2D eigenvalue weighted by molar-refractivity contribution is 5.80. The van der Waals surface area contributed by atoms with Crippen molar-refractivity contribution < 1.29 is 19.5 Å². The standard InChI is InChI=1S/C15H24N2O4/c18-13-3-1-2-8-17(13)11-12-6-9-16(10-7-12)14(19)4-5-15(20)21/h12H,1-11H2,(H,20,21). The Morgan fingerprint density at radius 2 is 1.81 bits per heavy atom. The Morgan fingerprint density at radius 3 is 2.43 bits per heavy atom. The zero-order valence-corrected chi connectivity index (χ0v) is 12.4. The van der Waals surface area contributed by atoms with Gasteiger partial charge in [-0.1, -0.05) is 0 Å². The highest BCUT2D eigenvalue weighted by Crippen LogP contribution is 2.21. The topological polar surface area (TPSA) is 77.9 Å². The lowest BCUT2D eigenvalue weighted by atomic mass is 9.95. The molecule has 2 fully saturated rings.